The van der Waals surface area contributed by atoms with Gasteiger partial charge in [0, 0.05) is 24.1 Å². The Labute approximate surface area is 101 Å². The maximum absolute atomic E-state index is 13.1. The van der Waals surface area contributed by atoms with Crippen molar-refractivity contribution >= 4 is 12.4 Å². The second-order valence-corrected chi connectivity index (χ2v) is 3.43. The summed E-state index contributed by atoms with van der Waals surface area (Å²) in [7, 11) is 0. The van der Waals surface area contributed by atoms with E-state index in [4.69, 9.17) is 5.73 Å². The highest BCUT2D eigenvalue weighted by Gasteiger charge is 2.28. The van der Waals surface area contributed by atoms with Gasteiger partial charge in [-0.2, -0.15) is 13.2 Å². The topological polar surface area (TPSA) is 26.0 Å². The zero-order valence-corrected chi connectivity index (χ0v) is 9.42. The zero-order chi connectivity index (χ0) is 12.3. The fourth-order valence-electron chi connectivity index (χ4n) is 1.28. The molecule has 7 heteroatoms. The molecule has 0 spiro atoms. The lowest BCUT2D eigenvalue weighted by atomic mass is 10.0. The Balaban J connectivity index is 0.00000256. The smallest absolute Gasteiger partial charge is 0.324 e. The summed E-state index contributed by atoms with van der Waals surface area (Å²) in [5.74, 6) is -1.71. The molecule has 0 aliphatic carbocycles. The second-order valence-electron chi connectivity index (χ2n) is 3.43. The molecule has 0 amide bonds. The van der Waals surface area contributed by atoms with Crippen LogP contribution in [0.2, 0.25) is 0 Å². The molecule has 0 aromatic heterocycles. The Morgan fingerprint density at radius 3 is 2.24 bits per heavy atom. The van der Waals surface area contributed by atoms with Gasteiger partial charge in [0.15, 0.2) is 0 Å². The van der Waals surface area contributed by atoms with Crippen LogP contribution in [0.4, 0.5) is 22.0 Å². The monoisotopic (exact) mass is 275 g/mol. The van der Waals surface area contributed by atoms with Gasteiger partial charge in [0.2, 0.25) is 0 Å². The van der Waals surface area contributed by atoms with Crippen molar-refractivity contribution in [3.63, 3.8) is 0 Å². The molecular formula is C10H11ClF5N. The Kier molecular flexibility index (Phi) is 5.84. The van der Waals surface area contributed by atoms with Gasteiger partial charge in [-0.1, -0.05) is 6.07 Å². The van der Waals surface area contributed by atoms with Crippen molar-refractivity contribution in [2.45, 2.75) is 25.1 Å². The number of alkyl halides is 3. The summed E-state index contributed by atoms with van der Waals surface area (Å²) < 4.78 is 61.3. The molecule has 0 aliphatic rings. The number of nitrogens with two attached hydrogens (primary N) is 1. The molecule has 0 aliphatic heterocycles. The highest BCUT2D eigenvalue weighted by molar-refractivity contribution is 5.85. The molecule has 0 bridgehead atoms. The first kappa shape index (κ1) is 16.1. The average Bonchev–Trinajstić information content (AvgIpc) is 2.13. The van der Waals surface area contributed by atoms with E-state index in [2.05, 4.69) is 0 Å². The summed E-state index contributed by atoms with van der Waals surface area (Å²) in [6.07, 6.45) is -5.84. The van der Waals surface area contributed by atoms with E-state index in [1.165, 1.54) is 0 Å². The average molecular weight is 276 g/mol. The first-order valence-corrected chi connectivity index (χ1v) is 4.57. The van der Waals surface area contributed by atoms with Crippen molar-refractivity contribution in [1.82, 2.24) is 0 Å². The first-order valence-electron chi connectivity index (χ1n) is 4.57. The summed E-state index contributed by atoms with van der Waals surface area (Å²) in [6.45, 7) is 0. The molecule has 1 aromatic carbocycles. The zero-order valence-electron chi connectivity index (χ0n) is 8.60. The molecular weight excluding hydrogens is 265 g/mol. The lowest BCUT2D eigenvalue weighted by Gasteiger charge is -2.14. The van der Waals surface area contributed by atoms with Gasteiger partial charge in [-0.3, -0.25) is 0 Å². The van der Waals surface area contributed by atoms with Crippen LogP contribution in [0.3, 0.4) is 0 Å². The Morgan fingerprint density at radius 1 is 1.18 bits per heavy atom. The molecule has 1 rings (SSSR count). The van der Waals surface area contributed by atoms with Gasteiger partial charge >= 0.3 is 6.18 Å². The minimum absolute atomic E-state index is 0. The van der Waals surface area contributed by atoms with Crippen LogP contribution in [-0.2, 0) is 0 Å². The largest absolute Gasteiger partial charge is 0.389 e. The Bertz CT molecular complexity index is 366. The Morgan fingerprint density at radius 2 is 1.76 bits per heavy atom. The molecule has 0 fully saturated rings. The van der Waals surface area contributed by atoms with Crippen molar-refractivity contribution in [2.24, 2.45) is 5.73 Å². The molecule has 0 saturated carbocycles. The number of hydrogen-bond donors (Lipinski definition) is 1. The number of halogens is 6. The summed E-state index contributed by atoms with van der Waals surface area (Å²) in [5, 5.41) is 0. The highest BCUT2D eigenvalue weighted by atomic mass is 35.5. The van der Waals surface area contributed by atoms with Crippen LogP contribution in [-0.4, -0.2) is 6.18 Å². The molecule has 0 unspecified atom stereocenters. The van der Waals surface area contributed by atoms with Crippen molar-refractivity contribution in [2.75, 3.05) is 0 Å². The quantitative estimate of drug-likeness (QED) is 0.836. The van der Waals surface area contributed by atoms with Gasteiger partial charge < -0.3 is 5.73 Å². The van der Waals surface area contributed by atoms with Gasteiger partial charge in [-0.05, 0) is 12.5 Å². The van der Waals surface area contributed by atoms with Crippen LogP contribution < -0.4 is 5.73 Å². The highest BCUT2D eigenvalue weighted by Crippen LogP contribution is 2.27. The van der Waals surface area contributed by atoms with E-state index in [0.717, 1.165) is 12.1 Å². The molecule has 0 saturated heterocycles. The fourth-order valence-corrected chi connectivity index (χ4v) is 1.28. The van der Waals surface area contributed by atoms with Crippen LogP contribution in [0, 0.1) is 11.6 Å². The molecule has 1 nitrogen and oxygen atoms in total. The second kappa shape index (κ2) is 6.16. The van der Waals surface area contributed by atoms with Gasteiger partial charge in [-0.15, -0.1) is 12.4 Å². The van der Waals surface area contributed by atoms with Gasteiger partial charge in [0.25, 0.3) is 0 Å². The molecule has 2 N–H and O–H groups in total. The molecule has 0 radical (unpaired) electrons. The van der Waals surface area contributed by atoms with E-state index >= 15 is 0 Å². The van der Waals surface area contributed by atoms with Gasteiger partial charge in [0.05, 0.1) is 0 Å². The van der Waals surface area contributed by atoms with Crippen LogP contribution in [0.5, 0.6) is 0 Å². The third-order valence-corrected chi connectivity index (χ3v) is 2.10. The first-order chi connectivity index (χ1) is 7.29. The van der Waals surface area contributed by atoms with Crippen LogP contribution in [0.1, 0.15) is 24.4 Å². The minimum atomic E-state index is -4.33. The van der Waals surface area contributed by atoms with Gasteiger partial charge in [0.1, 0.15) is 11.6 Å². The third-order valence-electron chi connectivity index (χ3n) is 2.10. The number of hydrogen-bond acceptors (Lipinski definition) is 1. The van der Waals surface area contributed by atoms with Crippen molar-refractivity contribution in [3.8, 4) is 0 Å². The van der Waals surface area contributed by atoms with Crippen LogP contribution in [0.25, 0.3) is 0 Å². The van der Waals surface area contributed by atoms with Crippen LogP contribution >= 0.6 is 12.4 Å². The minimum Gasteiger partial charge on any atom is -0.324 e. The summed E-state index contributed by atoms with van der Waals surface area (Å²) in [5.41, 5.74) is 5.28. The standard InChI is InChI=1S/C10H10F5N.ClH/c11-6-1-2-7(8(12)5-6)9(16)3-4-10(13,14)15;/h1-2,5,9H,3-4,16H2;1H/t9-;/m1./s1. The van der Waals surface area contributed by atoms with E-state index in [0.29, 0.717) is 6.07 Å². The van der Waals surface area contributed by atoms with Crippen molar-refractivity contribution in [1.29, 1.82) is 0 Å². The SMILES string of the molecule is Cl.N[C@H](CCC(F)(F)F)c1ccc(F)cc1F. The van der Waals surface area contributed by atoms with E-state index in [1.54, 1.807) is 0 Å². The lowest BCUT2D eigenvalue weighted by molar-refractivity contribution is -0.136. The molecule has 0 heterocycles. The van der Waals surface area contributed by atoms with Crippen LogP contribution in [0.15, 0.2) is 18.2 Å². The predicted molar refractivity (Wildman–Crippen MR) is 55.8 cm³/mol. The normalized spacial score (nSPS) is 13.1. The summed E-state index contributed by atoms with van der Waals surface area (Å²) in [6, 6.07) is 1.54. The molecule has 17 heavy (non-hydrogen) atoms. The van der Waals surface area contributed by atoms with E-state index < -0.39 is 36.7 Å². The Hall–Kier alpha value is -0.880. The summed E-state index contributed by atoms with van der Waals surface area (Å²) in [4.78, 5) is 0. The number of benzene rings is 1. The molecule has 1 atom stereocenters. The van der Waals surface area contributed by atoms with Crippen molar-refractivity contribution in [3.05, 3.63) is 35.4 Å². The maximum atomic E-state index is 13.1. The van der Waals surface area contributed by atoms with E-state index in [9.17, 15) is 22.0 Å². The van der Waals surface area contributed by atoms with E-state index in [1.807, 2.05) is 0 Å². The summed E-state index contributed by atoms with van der Waals surface area (Å²) >= 11 is 0. The van der Waals surface area contributed by atoms with E-state index in [-0.39, 0.29) is 18.0 Å². The van der Waals surface area contributed by atoms with Crippen molar-refractivity contribution < 1.29 is 22.0 Å². The fraction of sp³-hybridized carbons (Fsp3) is 0.400. The van der Waals surface area contributed by atoms with Gasteiger partial charge in [-0.25, -0.2) is 8.78 Å². The molecule has 98 valence electrons. The third kappa shape index (κ3) is 5.32. The molecule has 1 aromatic rings. The maximum Gasteiger partial charge on any atom is 0.389 e. The lowest BCUT2D eigenvalue weighted by Crippen LogP contribution is -2.17. The number of rotatable bonds is 3. The predicted octanol–water partition coefficient (Wildman–Crippen LogP) is 3.73.